The van der Waals surface area contributed by atoms with E-state index < -0.39 is 11.8 Å². The number of aryl methyl sites for hydroxylation is 2. The second kappa shape index (κ2) is 8.43. The molecule has 3 N–H and O–H groups in total. The molecule has 2 aromatic rings. The van der Waals surface area contributed by atoms with Crippen LogP contribution in [-0.4, -0.2) is 23.1 Å². The van der Waals surface area contributed by atoms with Crippen molar-refractivity contribution in [3.63, 3.8) is 0 Å². The van der Waals surface area contributed by atoms with Gasteiger partial charge < -0.3 is 10.4 Å². The zero-order chi connectivity index (χ0) is 18.4. The SMILES string of the molecule is Cc1cc(/C=N/NC(=O)CC(=O)Nc2ccccc2Br)cc(C)c1O. The predicted octanol–water partition coefficient (Wildman–Crippen LogP) is 3.25. The van der Waals surface area contributed by atoms with Gasteiger partial charge in [-0.25, -0.2) is 5.43 Å². The fourth-order valence-corrected chi connectivity index (χ4v) is 2.57. The number of carbonyl (C=O) groups excluding carboxylic acids is 2. The van der Waals surface area contributed by atoms with Gasteiger partial charge in [0.25, 0.3) is 0 Å². The minimum atomic E-state index is -0.520. The molecule has 0 aliphatic heterocycles. The van der Waals surface area contributed by atoms with Crippen molar-refractivity contribution in [1.29, 1.82) is 0 Å². The molecule has 0 saturated carbocycles. The number of hydrazone groups is 1. The van der Waals surface area contributed by atoms with Gasteiger partial charge in [0.2, 0.25) is 11.8 Å². The Morgan fingerprint density at radius 1 is 1.16 bits per heavy atom. The molecule has 0 heterocycles. The van der Waals surface area contributed by atoms with E-state index in [-0.39, 0.29) is 12.2 Å². The van der Waals surface area contributed by atoms with E-state index in [1.165, 1.54) is 6.21 Å². The Morgan fingerprint density at radius 2 is 1.80 bits per heavy atom. The largest absolute Gasteiger partial charge is 0.507 e. The van der Waals surface area contributed by atoms with Crippen LogP contribution in [0, 0.1) is 13.8 Å². The van der Waals surface area contributed by atoms with Crippen molar-refractivity contribution in [1.82, 2.24) is 5.43 Å². The number of para-hydroxylation sites is 1. The Kier molecular flexibility index (Phi) is 6.30. The third kappa shape index (κ3) is 5.42. The monoisotopic (exact) mass is 403 g/mol. The van der Waals surface area contributed by atoms with Gasteiger partial charge in [0.05, 0.1) is 11.9 Å². The minimum absolute atomic E-state index is 0.241. The lowest BCUT2D eigenvalue weighted by molar-refractivity contribution is -0.126. The van der Waals surface area contributed by atoms with Gasteiger partial charge in [0, 0.05) is 4.47 Å². The van der Waals surface area contributed by atoms with Crippen molar-refractivity contribution < 1.29 is 14.7 Å². The Hall–Kier alpha value is -2.67. The molecule has 2 amide bonds. The molecule has 0 fully saturated rings. The maximum Gasteiger partial charge on any atom is 0.249 e. The van der Waals surface area contributed by atoms with Gasteiger partial charge in [-0.1, -0.05) is 12.1 Å². The molecule has 25 heavy (non-hydrogen) atoms. The molecule has 0 unspecified atom stereocenters. The molecular formula is C18H18BrN3O3. The van der Waals surface area contributed by atoms with Crippen LogP contribution >= 0.6 is 15.9 Å². The average Bonchev–Trinajstić information content (AvgIpc) is 2.54. The van der Waals surface area contributed by atoms with Crippen LogP contribution in [-0.2, 0) is 9.59 Å². The summed E-state index contributed by atoms with van der Waals surface area (Å²) in [4.78, 5) is 23.6. The molecule has 0 saturated heterocycles. The number of carbonyl (C=O) groups is 2. The first-order valence-corrected chi connectivity index (χ1v) is 8.32. The zero-order valence-corrected chi connectivity index (χ0v) is 15.4. The summed E-state index contributed by atoms with van der Waals surface area (Å²) < 4.78 is 0.736. The Bertz CT molecular complexity index is 811. The first-order chi connectivity index (χ1) is 11.9. The highest BCUT2D eigenvalue weighted by Gasteiger charge is 2.10. The number of amides is 2. The third-order valence-electron chi connectivity index (χ3n) is 3.39. The summed E-state index contributed by atoms with van der Waals surface area (Å²) in [7, 11) is 0. The normalized spacial score (nSPS) is 10.7. The lowest BCUT2D eigenvalue weighted by Crippen LogP contribution is -2.24. The van der Waals surface area contributed by atoms with Crippen LogP contribution in [0.15, 0.2) is 46.0 Å². The highest BCUT2D eigenvalue weighted by molar-refractivity contribution is 9.10. The number of nitrogens with zero attached hydrogens (tertiary/aromatic N) is 1. The number of hydrogen-bond donors (Lipinski definition) is 3. The molecule has 0 aliphatic rings. The van der Waals surface area contributed by atoms with Gasteiger partial charge >= 0.3 is 0 Å². The molecule has 6 nitrogen and oxygen atoms in total. The molecule has 2 aromatic carbocycles. The van der Waals surface area contributed by atoms with Crippen LogP contribution in [0.2, 0.25) is 0 Å². The lowest BCUT2D eigenvalue weighted by Gasteiger charge is -2.06. The van der Waals surface area contributed by atoms with Crippen LogP contribution in [0.1, 0.15) is 23.1 Å². The molecule has 130 valence electrons. The summed E-state index contributed by atoms with van der Waals surface area (Å²) in [5.41, 5.74) is 5.09. The van der Waals surface area contributed by atoms with Gasteiger partial charge in [-0.3, -0.25) is 9.59 Å². The van der Waals surface area contributed by atoms with Crippen LogP contribution in [0.4, 0.5) is 5.69 Å². The topological polar surface area (TPSA) is 90.8 Å². The quantitative estimate of drug-likeness (QED) is 0.406. The standard InChI is InChI=1S/C18H18BrN3O3/c1-11-7-13(8-12(2)18(11)25)10-20-22-17(24)9-16(23)21-15-6-4-3-5-14(15)19/h3-8,10,25H,9H2,1-2H3,(H,21,23)(H,22,24)/b20-10+. The summed E-state index contributed by atoms with van der Waals surface area (Å²) in [6.07, 6.45) is 1.12. The Balaban J connectivity index is 1.88. The number of aromatic hydroxyl groups is 1. The molecule has 7 heteroatoms. The molecule has 0 radical (unpaired) electrons. The lowest BCUT2D eigenvalue weighted by atomic mass is 10.1. The van der Waals surface area contributed by atoms with E-state index in [2.05, 4.69) is 31.8 Å². The highest BCUT2D eigenvalue weighted by atomic mass is 79.9. The Labute approximate surface area is 154 Å². The number of phenolic OH excluding ortho intramolecular Hbond substituents is 1. The average molecular weight is 404 g/mol. The highest BCUT2D eigenvalue weighted by Crippen LogP contribution is 2.22. The van der Waals surface area contributed by atoms with Crippen molar-refractivity contribution in [2.75, 3.05) is 5.32 Å². The minimum Gasteiger partial charge on any atom is -0.507 e. The fraction of sp³-hybridized carbons (Fsp3) is 0.167. The zero-order valence-electron chi connectivity index (χ0n) is 13.8. The van der Waals surface area contributed by atoms with Crippen LogP contribution < -0.4 is 10.7 Å². The van der Waals surface area contributed by atoms with Crippen molar-refractivity contribution in [2.24, 2.45) is 5.10 Å². The van der Waals surface area contributed by atoms with Gasteiger partial charge in [0.1, 0.15) is 12.2 Å². The van der Waals surface area contributed by atoms with Crippen molar-refractivity contribution in [2.45, 2.75) is 20.3 Å². The summed E-state index contributed by atoms with van der Waals surface area (Å²) in [5.74, 6) is -0.714. The molecule has 0 spiro atoms. The fourth-order valence-electron chi connectivity index (χ4n) is 2.19. The number of halogens is 1. The number of rotatable bonds is 5. The first kappa shape index (κ1) is 18.7. The number of anilines is 1. The van der Waals surface area contributed by atoms with E-state index >= 15 is 0 Å². The number of benzene rings is 2. The Morgan fingerprint density at radius 3 is 2.44 bits per heavy atom. The number of nitrogens with one attached hydrogen (secondary N) is 2. The summed E-state index contributed by atoms with van der Waals surface area (Å²) in [6, 6.07) is 10.6. The van der Waals surface area contributed by atoms with E-state index in [1.54, 1.807) is 44.2 Å². The van der Waals surface area contributed by atoms with Crippen LogP contribution in [0.5, 0.6) is 5.75 Å². The maximum absolute atomic E-state index is 11.9. The summed E-state index contributed by atoms with van der Waals surface area (Å²) in [6.45, 7) is 3.56. The molecule has 2 rings (SSSR count). The second-order valence-electron chi connectivity index (χ2n) is 5.50. The van der Waals surface area contributed by atoms with Gasteiger partial charge in [-0.15, -0.1) is 0 Å². The van der Waals surface area contributed by atoms with E-state index in [9.17, 15) is 14.7 Å². The van der Waals surface area contributed by atoms with Crippen molar-refractivity contribution in [3.05, 3.63) is 57.6 Å². The molecule has 0 aliphatic carbocycles. The number of phenols is 1. The van der Waals surface area contributed by atoms with Crippen LogP contribution in [0.3, 0.4) is 0 Å². The molecule has 0 atom stereocenters. The third-order valence-corrected chi connectivity index (χ3v) is 4.08. The smallest absolute Gasteiger partial charge is 0.249 e. The van der Waals surface area contributed by atoms with E-state index in [0.29, 0.717) is 5.69 Å². The van der Waals surface area contributed by atoms with E-state index in [4.69, 9.17) is 0 Å². The predicted molar refractivity (Wildman–Crippen MR) is 101 cm³/mol. The van der Waals surface area contributed by atoms with Gasteiger partial charge in [0.15, 0.2) is 0 Å². The maximum atomic E-state index is 11.9. The van der Waals surface area contributed by atoms with Crippen molar-refractivity contribution >= 4 is 39.6 Å². The number of hydrogen-bond acceptors (Lipinski definition) is 4. The molecular weight excluding hydrogens is 386 g/mol. The second-order valence-corrected chi connectivity index (χ2v) is 6.36. The van der Waals surface area contributed by atoms with Crippen molar-refractivity contribution in [3.8, 4) is 5.75 Å². The van der Waals surface area contributed by atoms with Gasteiger partial charge in [-0.05, 0) is 70.7 Å². The summed E-state index contributed by atoms with van der Waals surface area (Å²) in [5, 5.41) is 16.2. The van der Waals surface area contributed by atoms with Gasteiger partial charge in [-0.2, -0.15) is 5.10 Å². The van der Waals surface area contributed by atoms with E-state index in [1.807, 2.05) is 6.07 Å². The van der Waals surface area contributed by atoms with Crippen LogP contribution in [0.25, 0.3) is 0 Å². The summed E-state index contributed by atoms with van der Waals surface area (Å²) >= 11 is 3.32. The van der Waals surface area contributed by atoms with E-state index in [0.717, 1.165) is 21.2 Å². The molecule has 0 bridgehead atoms. The molecule has 0 aromatic heterocycles. The first-order valence-electron chi connectivity index (χ1n) is 7.53.